The highest BCUT2D eigenvalue weighted by atomic mass is 16.4. The van der Waals surface area contributed by atoms with Crippen LogP contribution in [0.5, 0.6) is 5.75 Å². The van der Waals surface area contributed by atoms with E-state index in [1.165, 1.54) is 24.3 Å². The third kappa shape index (κ3) is 15.5. The van der Waals surface area contributed by atoms with Crippen LogP contribution in [-0.4, -0.2) is 100 Å². The summed E-state index contributed by atoms with van der Waals surface area (Å²) in [6, 6.07) is -0.880. The molecule has 0 spiro atoms. The van der Waals surface area contributed by atoms with Crippen LogP contribution in [0.1, 0.15) is 57.9 Å². The summed E-state index contributed by atoms with van der Waals surface area (Å²) < 4.78 is 0. The Hall–Kier alpha value is -4.97. The number of nitrogens with one attached hydrogen (secondary N) is 4. The van der Waals surface area contributed by atoms with Gasteiger partial charge in [0.25, 0.3) is 0 Å². The van der Waals surface area contributed by atoms with Gasteiger partial charge in [-0.15, -0.1) is 0 Å². The largest absolute Gasteiger partial charge is 0.508 e. The number of carboxylic acid groups (broad SMARTS) is 2. The Morgan fingerprint density at radius 1 is 0.771 bits per heavy atom. The van der Waals surface area contributed by atoms with Crippen molar-refractivity contribution in [3.63, 3.8) is 0 Å². The molecule has 0 fully saturated rings. The lowest BCUT2D eigenvalue weighted by Crippen LogP contribution is -2.59. The van der Waals surface area contributed by atoms with Crippen LogP contribution in [0.2, 0.25) is 0 Å². The van der Waals surface area contributed by atoms with Gasteiger partial charge in [0.2, 0.25) is 23.6 Å². The number of carboxylic acids is 2. The number of rotatable bonds is 22. The Kier molecular flexibility index (Phi) is 18.0. The summed E-state index contributed by atoms with van der Waals surface area (Å²) >= 11 is 0. The first-order chi connectivity index (χ1) is 22.5. The summed E-state index contributed by atoms with van der Waals surface area (Å²) in [5, 5.41) is 38.4. The van der Waals surface area contributed by atoms with E-state index in [2.05, 4.69) is 26.3 Å². The molecule has 0 aliphatic carbocycles. The highest BCUT2D eigenvalue weighted by molar-refractivity contribution is 5.96. The zero-order chi connectivity index (χ0) is 36.4. The van der Waals surface area contributed by atoms with Gasteiger partial charge in [0, 0.05) is 13.0 Å². The van der Waals surface area contributed by atoms with Gasteiger partial charge in [0.05, 0.1) is 12.5 Å². The van der Waals surface area contributed by atoms with Gasteiger partial charge in [-0.3, -0.25) is 29.0 Å². The SMILES string of the molecule is CC(C)[C@@H](NC(=O)[C@@H](CC(=O)O)NC(=O)[C@H](CCCCN)NC(=O)[C@H](N)CCCN=C(N)N)C(=O)N[C@@H](Cc1ccc(O)cc1)C(=O)O. The Bertz CT molecular complexity index is 1270. The number of hydrogen-bond acceptors (Lipinski definition) is 10. The van der Waals surface area contributed by atoms with E-state index >= 15 is 0 Å². The van der Waals surface area contributed by atoms with Crippen LogP contribution in [0.25, 0.3) is 0 Å². The van der Waals surface area contributed by atoms with Crippen LogP contribution in [0.3, 0.4) is 0 Å². The van der Waals surface area contributed by atoms with Crippen molar-refractivity contribution in [2.45, 2.75) is 89.0 Å². The lowest BCUT2D eigenvalue weighted by atomic mass is 10.0. The number of phenolic OH excluding ortho intramolecular Hbond substituents is 1. The second-order valence-corrected chi connectivity index (χ2v) is 11.6. The van der Waals surface area contributed by atoms with E-state index in [0.717, 1.165) is 0 Å². The Morgan fingerprint density at radius 2 is 1.35 bits per heavy atom. The predicted molar refractivity (Wildman–Crippen MR) is 175 cm³/mol. The van der Waals surface area contributed by atoms with Crippen molar-refractivity contribution >= 4 is 41.5 Å². The van der Waals surface area contributed by atoms with Crippen molar-refractivity contribution < 1.29 is 44.1 Å². The molecule has 18 heteroatoms. The number of carbonyl (C=O) groups excluding carboxylic acids is 4. The highest BCUT2D eigenvalue weighted by Gasteiger charge is 2.34. The minimum absolute atomic E-state index is 0.0240. The van der Waals surface area contributed by atoms with Gasteiger partial charge < -0.3 is 59.5 Å². The molecule has 0 radical (unpaired) electrons. The van der Waals surface area contributed by atoms with Crippen molar-refractivity contribution in [2.75, 3.05) is 13.1 Å². The average Bonchev–Trinajstić information content (AvgIpc) is 3.00. The molecule has 15 N–H and O–H groups in total. The highest BCUT2D eigenvalue weighted by Crippen LogP contribution is 2.13. The van der Waals surface area contributed by atoms with Gasteiger partial charge in [0.1, 0.15) is 29.9 Å². The number of carbonyl (C=O) groups is 6. The molecule has 5 atom stereocenters. The summed E-state index contributed by atoms with van der Waals surface area (Å²) in [5.41, 5.74) is 22.6. The van der Waals surface area contributed by atoms with Crippen LogP contribution in [0.4, 0.5) is 0 Å². The quantitative estimate of drug-likeness (QED) is 0.0346. The van der Waals surface area contributed by atoms with Crippen LogP contribution >= 0.6 is 0 Å². The molecule has 0 aliphatic rings. The average molecular weight is 680 g/mol. The van der Waals surface area contributed by atoms with E-state index in [9.17, 15) is 44.1 Å². The number of guanidine groups is 1. The molecule has 18 nitrogen and oxygen atoms in total. The number of nitrogens with zero attached hydrogens (tertiary/aromatic N) is 1. The molecule has 0 aliphatic heterocycles. The maximum Gasteiger partial charge on any atom is 0.326 e. The van der Waals surface area contributed by atoms with E-state index in [1.54, 1.807) is 13.8 Å². The molecule has 4 amide bonds. The maximum absolute atomic E-state index is 13.3. The first kappa shape index (κ1) is 41.1. The topological polar surface area (TPSA) is 328 Å². The van der Waals surface area contributed by atoms with Crippen molar-refractivity contribution in [2.24, 2.45) is 33.8 Å². The van der Waals surface area contributed by atoms with Crippen molar-refractivity contribution in [1.82, 2.24) is 21.3 Å². The molecule has 0 bridgehead atoms. The van der Waals surface area contributed by atoms with Crippen molar-refractivity contribution in [3.8, 4) is 5.75 Å². The zero-order valence-electron chi connectivity index (χ0n) is 27.2. The monoisotopic (exact) mass is 679 g/mol. The lowest BCUT2D eigenvalue weighted by molar-refractivity contribution is -0.143. The van der Waals surface area contributed by atoms with Crippen LogP contribution in [0, 0.1) is 5.92 Å². The van der Waals surface area contributed by atoms with Gasteiger partial charge in [0.15, 0.2) is 5.96 Å². The molecule has 1 aromatic rings. The van der Waals surface area contributed by atoms with Crippen LogP contribution in [-0.2, 0) is 35.2 Å². The molecular weight excluding hydrogens is 630 g/mol. The molecule has 1 aromatic carbocycles. The fourth-order valence-electron chi connectivity index (χ4n) is 4.47. The fraction of sp³-hybridized carbons (Fsp3) is 0.567. The number of phenols is 1. The Morgan fingerprint density at radius 3 is 1.90 bits per heavy atom. The van der Waals surface area contributed by atoms with Crippen LogP contribution < -0.4 is 44.2 Å². The molecule has 48 heavy (non-hydrogen) atoms. The Balaban J connectivity index is 3.07. The van der Waals surface area contributed by atoms with Crippen molar-refractivity contribution in [1.29, 1.82) is 0 Å². The third-order valence-corrected chi connectivity index (χ3v) is 7.13. The number of nitrogens with two attached hydrogens (primary N) is 4. The van der Waals surface area contributed by atoms with Gasteiger partial charge in [-0.1, -0.05) is 26.0 Å². The molecule has 0 saturated carbocycles. The maximum atomic E-state index is 13.3. The summed E-state index contributed by atoms with van der Waals surface area (Å²) in [6.07, 6.45) is 0.608. The Labute approximate surface area is 278 Å². The minimum Gasteiger partial charge on any atom is -0.508 e. The molecular formula is C30H49N9O9. The number of aromatic hydroxyl groups is 1. The molecule has 0 saturated heterocycles. The number of hydrogen-bond donors (Lipinski definition) is 11. The lowest BCUT2D eigenvalue weighted by Gasteiger charge is -2.27. The number of benzene rings is 1. The van der Waals surface area contributed by atoms with E-state index in [0.29, 0.717) is 31.4 Å². The molecule has 1 rings (SSSR count). The second-order valence-electron chi connectivity index (χ2n) is 11.6. The zero-order valence-corrected chi connectivity index (χ0v) is 27.2. The summed E-state index contributed by atoms with van der Waals surface area (Å²) in [5.74, 6) is -6.91. The summed E-state index contributed by atoms with van der Waals surface area (Å²) in [7, 11) is 0. The second kappa shape index (κ2) is 21.0. The van der Waals surface area contributed by atoms with Gasteiger partial charge in [-0.2, -0.15) is 0 Å². The van der Waals surface area contributed by atoms with E-state index in [1.807, 2.05) is 0 Å². The van der Waals surface area contributed by atoms with E-state index < -0.39 is 78.1 Å². The first-order valence-corrected chi connectivity index (χ1v) is 15.5. The van der Waals surface area contributed by atoms with Gasteiger partial charge >= 0.3 is 11.9 Å². The first-order valence-electron chi connectivity index (χ1n) is 15.5. The molecule has 0 heterocycles. The predicted octanol–water partition coefficient (Wildman–Crippen LogP) is -2.40. The van der Waals surface area contributed by atoms with Crippen molar-refractivity contribution in [3.05, 3.63) is 29.8 Å². The van der Waals surface area contributed by atoms with Gasteiger partial charge in [-0.05, 0) is 62.3 Å². The normalized spacial score (nSPS) is 14.0. The van der Waals surface area contributed by atoms with Crippen LogP contribution in [0.15, 0.2) is 29.3 Å². The molecule has 0 aromatic heterocycles. The summed E-state index contributed by atoms with van der Waals surface area (Å²) in [6.45, 7) is 3.71. The molecule has 0 unspecified atom stereocenters. The smallest absolute Gasteiger partial charge is 0.326 e. The number of amides is 4. The number of unbranched alkanes of at least 4 members (excludes halogenated alkanes) is 1. The summed E-state index contributed by atoms with van der Waals surface area (Å²) in [4.78, 5) is 80.0. The van der Waals surface area contributed by atoms with E-state index in [-0.39, 0.29) is 37.5 Å². The minimum atomic E-state index is -1.67. The molecule has 268 valence electrons. The standard InChI is InChI=1S/C30H49N9O9/c1-16(2)24(28(46)38-22(29(47)48)14-17-8-10-18(40)11-9-17)39-27(45)21(15-23(41)42)37-26(44)20(7-3-4-12-31)36-25(43)19(32)6-5-13-35-30(33)34/h8-11,16,19-22,24,40H,3-7,12-15,31-32H2,1-2H3,(H,36,43)(H,37,44)(H,38,46)(H,39,45)(H,41,42)(H,47,48)(H4,33,34,35)/t19-,20+,21-,22+,24-/m1/s1. The van der Waals surface area contributed by atoms with Gasteiger partial charge in [-0.25, -0.2) is 4.79 Å². The number of aliphatic imine (C=N–C) groups is 1. The fourth-order valence-corrected chi connectivity index (χ4v) is 4.47. The number of aliphatic carboxylic acids is 2. The van der Waals surface area contributed by atoms with E-state index in [4.69, 9.17) is 22.9 Å². The third-order valence-electron chi connectivity index (χ3n) is 7.13.